The second kappa shape index (κ2) is 5.98. The predicted octanol–water partition coefficient (Wildman–Crippen LogP) is 3.20. The van der Waals surface area contributed by atoms with Crippen LogP contribution in [0.25, 0.3) is 0 Å². The van der Waals surface area contributed by atoms with Gasteiger partial charge in [-0.1, -0.05) is 39.3 Å². The SMILES string of the molecule is C=C1CC[C@H]2C(C)(C)CCC[C@]2(C)[C@H]1C[C@H](O)[C@H]1CC(=O)NC1=O. The highest BCUT2D eigenvalue weighted by Crippen LogP contribution is 2.61. The molecule has 1 saturated heterocycles. The van der Waals surface area contributed by atoms with E-state index in [0.717, 1.165) is 12.8 Å². The molecule has 0 spiro atoms. The Bertz CT molecular complexity index is 567. The van der Waals surface area contributed by atoms with Crippen LogP contribution in [0.5, 0.6) is 0 Å². The highest BCUT2D eigenvalue weighted by Gasteiger charge is 2.53. The van der Waals surface area contributed by atoms with Crippen LogP contribution in [0.4, 0.5) is 0 Å². The highest BCUT2D eigenvalue weighted by molar-refractivity contribution is 6.03. The molecule has 2 aliphatic carbocycles. The van der Waals surface area contributed by atoms with Crippen molar-refractivity contribution in [1.29, 1.82) is 0 Å². The minimum absolute atomic E-state index is 0.116. The Kier molecular flexibility index (Phi) is 4.40. The summed E-state index contributed by atoms with van der Waals surface area (Å²) in [6, 6.07) is 0. The van der Waals surface area contributed by atoms with E-state index in [0.29, 0.717) is 17.8 Å². The largest absolute Gasteiger partial charge is 0.392 e. The van der Waals surface area contributed by atoms with Crippen LogP contribution in [0.1, 0.15) is 65.7 Å². The Morgan fingerprint density at radius 2 is 2.00 bits per heavy atom. The molecule has 2 amide bonds. The van der Waals surface area contributed by atoms with Gasteiger partial charge in [-0.05, 0) is 54.8 Å². The zero-order valence-corrected chi connectivity index (χ0v) is 15.2. The number of aliphatic hydroxyl groups excluding tert-OH is 1. The molecule has 4 heteroatoms. The van der Waals surface area contributed by atoms with Crippen LogP contribution in [-0.4, -0.2) is 23.0 Å². The summed E-state index contributed by atoms with van der Waals surface area (Å²) in [7, 11) is 0. The molecule has 0 bridgehead atoms. The summed E-state index contributed by atoms with van der Waals surface area (Å²) in [6.45, 7) is 11.4. The van der Waals surface area contributed by atoms with Crippen LogP contribution in [0.2, 0.25) is 0 Å². The van der Waals surface area contributed by atoms with E-state index < -0.39 is 12.0 Å². The number of fused-ring (bicyclic) bond motifs is 1. The summed E-state index contributed by atoms with van der Waals surface area (Å²) in [5.74, 6) is -0.324. The number of carbonyl (C=O) groups is 2. The molecule has 0 aromatic carbocycles. The van der Waals surface area contributed by atoms with Crippen LogP contribution in [-0.2, 0) is 9.59 Å². The van der Waals surface area contributed by atoms with Gasteiger partial charge in [-0.3, -0.25) is 14.9 Å². The number of hydrogen-bond donors (Lipinski definition) is 2. The van der Waals surface area contributed by atoms with E-state index in [-0.39, 0.29) is 29.6 Å². The molecule has 0 aromatic rings. The Morgan fingerprint density at radius 3 is 2.62 bits per heavy atom. The lowest BCUT2D eigenvalue weighted by Gasteiger charge is -2.58. The fourth-order valence-electron chi connectivity index (χ4n) is 6.00. The van der Waals surface area contributed by atoms with Gasteiger partial charge in [0.25, 0.3) is 0 Å². The van der Waals surface area contributed by atoms with Crippen LogP contribution in [0.3, 0.4) is 0 Å². The molecule has 134 valence electrons. The predicted molar refractivity (Wildman–Crippen MR) is 93.0 cm³/mol. The summed E-state index contributed by atoms with van der Waals surface area (Å²) in [5.41, 5.74) is 1.67. The molecule has 0 unspecified atom stereocenters. The molecule has 5 atom stereocenters. The third-order valence-electron chi connectivity index (χ3n) is 7.27. The van der Waals surface area contributed by atoms with Crippen molar-refractivity contribution in [3.8, 4) is 0 Å². The number of allylic oxidation sites excluding steroid dienone is 1. The van der Waals surface area contributed by atoms with Crippen molar-refractivity contribution >= 4 is 11.8 Å². The summed E-state index contributed by atoms with van der Waals surface area (Å²) in [5, 5.41) is 13.0. The number of nitrogens with one attached hydrogen (secondary N) is 1. The summed E-state index contributed by atoms with van der Waals surface area (Å²) in [6.07, 6.45) is 5.72. The third-order valence-corrected chi connectivity index (χ3v) is 7.27. The lowest BCUT2D eigenvalue weighted by Crippen LogP contribution is -2.50. The molecule has 1 aliphatic heterocycles. The van der Waals surface area contributed by atoms with E-state index in [1.165, 1.54) is 24.8 Å². The molecule has 3 fully saturated rings. The fraction of sp³-hybridized carbons (Fsp3) is 0.800. The van der Waals surface area contributed by atoms with E-state index in [1.54, 1.807) is 0 Å². The van der Waals surface area contributed by atoms with Gasteiger partial charge in [-0.2, -0.15) is 0 Å². The molecule has 1 heterocycles. The van der Waals surface area contributed by atoms with Crippen LogP contribution in [0, 0.1) is 28.6 Å². The summed E-state index contributed by atoms with van der Waals surface area (Å²) < 4.78 is 0. The van der Waals surface area contributed by atoms with E-state index in [9.17, 15) is 14.7 Å². The van der Waals surface area contributed by atoms with Gasteiger partial charge in [0.15, 0.2) is 0 Å². The summed E-state index contributed by atoms with van der Waals surface area (Å²) >= 11 is 0. The molecular weight excluding hydrogens is 302 g/mol. The van der Waals surface area contributed by atoms with Gasteiger partial charge in [-0.15, -0.1) is 0 Å². The molecule has 4 nitrogen and oxygen atoms in total. The van der Waals surface area contributed by atoms with Gasteiger partial charge in [0.05, 0.1) is 12.0 Å². The van der Waals surface area contributed by atoms with Gasteiger partial charge >= 0.3 is 0 Å². The Labute approximate surface area is 145 Å². The monoisotopic (exact) mass is 333 g/mol. The molecule has 2 N–H and O–H groups in total. The molecule has 0 aromatic heterocycles. The minimum Gasteiger partial charge on any atom is -0.392 e. The van der Waals surface area contributed by atoms with E-state index in [4.69, 9.17) is 0 Å². The second-order valence-electron chi connectivity index (χ2n) is 9.18. The van der Waals surface area contributed by atoms with Crippen molar-refractivity contribution in [2.75, 3.05) is 0 Å². The topological polar surface area (TPSA) is 66.4 Å². The van der Waals surface area contributed by atoms with E-state index >= 15 is 0 Å². The van der Waals surface area contributed by atoms with Gasteiger partial charge in [0, 0.05) is 6.42 Å². The Balaban J connectivity index is 1.81. The number of imide groups is 1. The third kappa shape index (κ3) is 2.83. The first-order chi connectivity index (χ1) is 11.1. The first kappa shape index (κ1) is 17.7. The maximum atomic E-state index is 11.9. The van der Waals surface area contributed by atoms with E-state index in [1.807, 2.05) is 0 Å². The zero-order valence-electron chi connectivity index (χ0n) is 15.2. The first-order valence-corrected chi connectivity index (χ1v) is 9.34. The Hall–Kier alpha value is -1.16. The zero-order chi connectivity index (χ0) is 17.7. The molecule has 3 aliphatic rings. The van der Waals surface area contributed by atoms with Crippen molar-refractivity contribution in [2.24, 2.45) is 28.6 Å². The van der Waals surface area contributed by atoms with Crippen molar-refractivity contribution in [2.45, 2.75) is 71.8 Å². The number of hydrogen-bond acceptors (Lipinski definition) is 3. The van der Waals surface area contributed by atoms with Crippen molar-refractivity contribution in [1.82, 2.24) is 5.32 Å². The average molecular weight is 333 g/mol. The lowest BCUT2D eigenvalue weighted by atomic mass is 9.47. The lowest BCUT2D eigenvalue weighted by molar-refractivity contribution is -0.128. The van der Waals surface area contributed by atoms with Crippen LogP contribution in [0.15, 0.2) is 12.2 Å². The number of carbonyl (C=O) groups excluding carboxylic acids is 2. The maximum absolute atomic E-state index is 11.9. The molecule has 0 radical (unpaired) electrons. The second-order valence-corrected chi connectivity index (χ2v) is 9.18. The molecule has 2 saturated carbocycles. The smallest absolute Gasteiger partial charge is 0.232 e. The quantitative estimate of drug-likeness (QED) is 0.616. The number of aliphatic hydroxyl groups is 1. The van der Waals surface area contributed by atoms with Crippen molar-refractivity contribution < 1.29 is 14.7 Å². The standard InChI is InChI=1S/C20H31NO3/c1-12-6-7-16-19(2,3)8-5-9-20(16,4)14(12)11-15(22)13-10-17(23)21-18(13)24/h13-16,22H,1,5-11H2,2-4H3,(H,21,23,24)/t13-,14+,15+,16+,20-/m1/s1. The molecular formula is C20H31NO3. The van der Waals surface area contributed by atoms with Gasteiger partial charge < -0.3 is 5.11 Å². The molecule has 24 heavy (non-hydrogen) atoms. The van der Waals surface area contributed by atoms with Crippen LogP contribution < -0.4 is 5.32 Å². The van der Waals surface area contributed by atoms with E-state index in [2.05, 4.69) is 32.7 Å². The minimum atomic E-state index is -0.765. The molecule has 3 rings (SSSR count). The first-order valence-electron chi connectivity index (χ1n) is 9.34. The summed E-state index contributed by atoms with van der Waals surface area (Å²) in [4.78, 5) is 23.3. The van der Waals surface area contributed by atoms with Gasteiger partial charge in [0.1, 0.15) is 0 Å². The number of rotatable bonds is 3. The average Bonchev–Trinajstić information content (AvgIpc) is 2.80. The fourth-order valence-corrected chi connectivity index (χ4v) is 6.00. The van der Waals surface area contributed by atoms with Crippen molar-refractivity contribution in [3.05, 3.63) is 12.2 Å². The van der Waals surface area contributed by atoms with Crippen molar-refractivity contribution in [3.63, 3.8) is 0 Å². The van der Waals surface area contributed by atoms with Gasteiger partial charge in [-0.25, -0.2) is 0 Å². The normalized spacial score (nSPS) is 40.2. The number of amides is 2. The highest BCUT2D eigenvalue weighted by atomic mass is 16.3. The Morgan fingerprint density at radius 1 is 1.29 bits per heavy atom. The van der Waals surface area contributed by atoms with Crippen LogP contribution >= 0.6 is 0 Å². The maximum Gasteiger partial charge on any atom is 0.232 e. The van der Waals surface area contributed by atoms with Gasteiger partial charge in [0.2, 0.25) is 11.8 Å².